The molecule has 0 saturated heterocycles. The summed E-state index contributed by atoms with van der Waals surface area (Å²) in [6, 6.07) is 19.2. The van der Waals surface area contributed by atoms with Crippen molar-refractivity contribution in [2.24, 2.45) is 0 Å². The minimum absolute atomic E-state index is 0.245. The molecule has 0 aliphatic rings. The fourth-order valence-corrected chi connectivity index (χ4v) is 3.90. The number of oxazole rings is 1. The molecule has 168 valence electrons. The summed E-state index contributed by atoms with van der Waals surface area (Å²) in [4.78, 5) is 17.2. The molecule has 1 aromatic heterocycles. The highest BCUT2D eigenvalue weighted by Crippen LogP contribution is 2.29. The van der Waals surface area contributed by atoms with Gasteiger partial charge in [0.2, 0.25) is 11.8 Å². The second kappa shape index (κ2) is 10.0. The van der Waals surface area contributed by atoms with Gasteiger partial charge in [-0.05, 0) is 72.5 Å². The molecule has 3 aromatic carbocycles. The molecule has 4 aromatic rings. The van der Waals surface area contributed by atoms with Crippen molar-refractivity contribution >= 4 is 44.7 Å². The Bertz CT molecular complexity index is 1330. The van der Waals surface area contributed by atoms with Crippen LogP contribution in [0.4, 0.5) is 5.69 Å². The summed E-state index contributed by atoms with van der Waals surface area (Å²) in [6.07, 6.45) is 4.27. The van der Waals surface area contributed by atoms with Crippen LogP contribution in [0.1, 0.15) is 37.3 Å². The van der Waals surface area contributed by atoms with E-state index in [0.717, 1.165) is 33.1 Å². The van der Waals surface area contributed by atoms with Gasteiger partial charge in [0.1, 0.15) is 11.3 Å². The van der Waals surface area contributed by atoms with Gasteiger partial charge in [0.15, 0.2) is 5.58 Å². The number of methoxy groups -OCH3 is 1. The van der Waals surface area contributed by atoms with Gasteiger partial charge in [-0.2, -0.15) is 0 Å². The van der Waals surface area contributed by atoms with Gasteiger partial charge in [0, 0.05) is 27.4 Å². The number of nitrogens with zero attached hydrogens (tertiary/aromatic N) is 1. The lowest BCUT2D eigenvalue weighted by Gasteiger charge is -2.07. The highest BCUT2D eigenvalue weighted by atomic mass is 79.9. The summed E-state index contributed by atoms with van der Waals surface area (Å²) in [5.74, 6) is 1.44. The number of aromatic nitrogens is 1. The van der Waals surface area contributed by atoms with Gasteiger partial charge in [-0.1, -0.05) is 41.9 Å². The Balaban J connectivity index is 1.52. The van der Waals surface area contributed by atoms with Crippen LogP contribution in [0.2, 0.25) is 0 Å². The largest absolute Gasteiger partial charge is 0.496 e. The molecule has 1 heterocycles. The molecule has 0 bridgehead atoms. The zero-order valence-corrected chi connectivity index (χ0v) is 20.3. The molecule has 1 atom stereocenters. The number of ether oxygens (including phenoxy) is 1. The summed E-state index contributed by atoms with van der Waals surface area (Å²) in [6.45, 7) is 4.38. The smallest absolute Gasteiger partial charge is 0.248 e. The van der Waals surface area contributed by atoms with E-state index in [2.05, 4.69) is 52.2 Å². The maximum atomic E-state index is 12.5. The van der Waals surface area contributed by atoms with Crippen LogP contribution in [0.15, 0.2) is 75.6 Å². The van der Waals surface area contributed by atoms with Gasteiger partial charge >= 0.3 is 0 Å². The molecular formula is C27H25BrN2O3. The molecule has 0 radical (unpaired) electrons. The van der Waals surface area contributed by atoms with E-state index in [-0.39, 0.29) is 5.91 Å². The van der Waals surface area contributed by atoms with Crippen LogP contribution in [0.3, 0.4) is 0 Å². The van der Waals surface area contributed by atoms with Crippen molar-refractivity contribution in [3.63, 3.8) is 0 Å². The number of carbonyl (C=O) groups excluding carboxylic acids is 1. The molecule has 1 unspecified atom stereocenters. The standard InChI is InChI=1S/C27H25BrN2O3/c1-4-17(2)18-8-11-25-23(16-18)30-27(33-25)20-6-5-7-22(15-20)29-26(31)13-9-19-14-21(28)10-12-24(19)32-3/h5-17H,4H2,1-3H3,(H,29,31)/b13-9+. The quantitative estimate of drug-likeness (QED) is 0.265. The van der Waals surface area contributed by atoms with Crippen LogP contribution in [-0.2, 0) is 4.79 Å². The van der Waals surface area contributed by atoms with Gasteiger partial charge in [-0.3, -0.25) is 4.79 Å². The molecule has 0 aliphatic carbocycles. The molecule has 0 aliphatic heterocycles. The molecule has 4 rings (SSSR count). The van der Waals surface area contributed by atoms with E-state index >= 15 is 0 Å². The van der Waals surface area contributed by atoms with E-state index in [1.807, 2.05) is 48.5 Å². The molecule has 0 spiro atoms. The van der Waals surface area contributed by atoms with Crippen LogP contribution < -0.4 is 10.1 Å². The van der Waals surface area contributed by atoms with Crippen LogP contribution in [0.5, 0.6) is 5.75 Å². The Kier molecular flexibility index (Phi) is 6.94. The first-order chi connectivity index (χ1) is 16.0. The highest BCUT2D eigenvalue weighted by Gasteiger charge is 2.12. The number of hydrogen-bond donors (Lipinski definition) is 1. The third-order valence-corrected chi connectivity index (χ3v) is 6.07. The molecule has 0 saturated carbocycles. The lowest BCUT2D eigenvalue weighted by atomic mass is 9.98. The minimum Gasteiger partial charge on any atom is -0.496 e. The number of benzene rings is 3. The lowest BCUT2D eigenvalue weighted by molar-refractivity contribution is -0.111. The second-order valence-corrected chi connectivity index (χ2v) is 8.76. The van der Waals surface area contributed by atoms with Gasteiger partial charge in [-0.15, -0.1) is 0 Å². The molecule has 1 amide bonds. The highest BCUT2D eigenvalue weighted by molar-refractivity contribution is 9.10. The van der Waals surface area contributed by atoms with E-state index in [1.165, 1.54) is 11.6 Å². The van der Waals surface area contributed by atoms with Crippen molar-refractivity contribution in [2.75, 3.05) is 12.4 Å². The molecule has 0 fully saturated rings. The van der Waals surface area contributed by atoms with E-state index in [4.69, 9.17) is 9.15 Å². The van der Waals surface area contributed by atoms with Crippen molar-refractivity contribution in [1.29, 1.82) is 0 Å². The number of hydrogen-bond acceptors (Lipinski definition) is 4. The van der Waals surface area contributed by atoms with Crippen molar-refractivity contribution in [1.82, 2.24) is 4.98 Å². The van der Waals surface area contributed by atoms with Gasteiger partial charge in [0.25, 0.3) is 0 Å². The number of nitrogens with one attached hydrogen (secondary N) is 1. The lowest BCUT2D eigenvalue weighted by Crippen LogP contribution is -2.07. The summed E-state index contributed by atoms with van der Waals surface area (Å²) < 4.78 is 12.2. The zero-order chi connectivity index (χ0) is 23.4. The van der Waals surface area contributed by atoms with Crippen LogP contribution in [-0.4, -0.2) is 18.0 Å². The van der Waals surface area contributed by atoms with E-state index in [9.17, 15) is 4.79 Å². The van der Waals surface area contributed by atoms with Crippen molar-refractivity contribution in [3.05, 3.63) is 82.3 Å². The van der Waals surface area contributed by atoms with Crippen molar-refractivity contribution in [3.8, 4) is 17.2 Å². The average Bonchev–Trinajstić information content (AvgIpc) is 3.26. The SMILES string of the molecule is CCC(C)c1ccc2oc(-c3cccc(NC(=O)/C=C/c4cc(Br)ccc4OC)c3)nc2c1. The predicted octanol–water partition coefficient (Wildman–Crippen LogP) is 7.43. The summed E-state index contributed by atoms with van der Waals surface area (Å²) in [5.41, 5.74) is 5.09. The van der Waals surface area contributed by atoms with Crippen LogP contribution in [0, 0.1) is 0 Å². The second-order valence-electron chi connectivity index (χ2n) is 7.85. The van der Waals surface area contributed by atoms with Gasteiger partial charge in [-0.25, -0.2) is 4.98 Å². The monoisotopic (exact) mass is 504 g/mol. The first-order valence-corrected chi connectivity index (χ1v) is 11.6. The van der Waals surface area contributed by atoms with E-state index in [1.54, 1.807) is 13.2 Å². The van der Waals surface area contributed by atoms with E-state index < -0.39 is 0 Å². The third-order valence-electron chi connectivity index (χ3n) is 5.58. The Labute approximate surface area is 201 Å². The van der Waals surface area contributed by atoms with E-state index in [0.29, 0.717) is 23.2 Å². The first-order valence-electron chi connectivity index (χ1n) is 10.8. The number of halogens is 1. The minimum atomic E-state index is -0.245. The Morgan fingerprint density at radius 3 is 2.82 bits per heavy atom. The number of carbonyl (C=O) groups is 1. The number of fused-ring (bicyclic) bond motifs is 1. The third kappa shape index (κ3) is 5.34. The molecule has 5 nitrogen and oxygen atoms in total. The Hall–Kier alpha value is -3.38. The Morgan fingerprint density at radius 2 is 2.03 bits per heavy atom. The van der Waals surface area contributed by atoms with Gasteiger partial charge < -0.3 is 14.5 Å². The number of amides is 1. The maximum absolute atomic E-state index is 12.5. The normalized spacial score (nSPS) is 12.2. The molecule has 33 heavy (non-hydrogen) atoms. The average molecular weight is 505 g/mol. The molecular weight excluding hydrogens is 480 g/mol. The van der Waals surface area contributed by atoms with Crippen LogP contribution >= 0.6 is 15.9 Å². The summed E-state index contributed by atoms with van der Waals surface area (Å²) in [7, 11) is 1.60. The number of rotatable bonds is 7. The maximum Gasteiger partial charge on any atom is 0.248 e. The first kappa shape index (κ1) is 22.8. The predicted molar refractivity (Wildman–Crippen MR) is 137 cm³/mol. The fraction of sp³-hybridized carbons (Fsp3) is 0.185. The topological polar surface area (TPSA) is 64.4 Å². The zero-order valence-electron chi connectivity index (χ0n) is 18.8. The van der Waals surface area contributed by atoms with Gasteiger partial charge in [0.05, 0.1) is 7.11 Å². The summed E-state index contributed by atoms with van der Waals surface area (Å²) in [5, 5.41) is 2.89. The van der Waals surface area contributed by atoms with Crippen LogP contribution in [0.25, 0.3) is 28.6 Å². The Morgan fingerprint density at radius 1 is 1.18 bits per heavy atom. The molecule has 6 heteroatoms. The van der Waals surface area contributed by atoms with Crippen molar-refractivity contribution < 1.29 is 13.9 Å². The summed E-state index contributed by atoms with van der Waals surface area (Å²) >= 11 is 3.44. The fourth-order valence-electron chi connectivity index (χ4n) is 3.52. The number of anilines is 1. The van der Waals surface area contributed by atoms with Crippen molar-refractivity contribution in [2.45, 2.75) is 26.2 Å². The molecule has 1 N–H and O–H groups in total.